The highest BCUT2D eigenvalue weighted by atomic mass is 32.2. The fourth-order valence-electron chi connectivity index (χ4n) is 3.17. The summed E-state index contributed by atoms with van der Waals surface area (Å²) >= 11 is 0. The van der Waals surface area contributed by atoms with E-state index in [0.717, 1.165) is 11.6 Å². The predicted octanol–water partition coefficient (Wildman–Crippen LogP) is 5.96. The van der Waals surface area contributed by atoms with Crippen LogP contribution in [0.1, 0.15) is 26.3 Å². The van der Waals surface area contributed by atoms with Crippen molar-refractivity contribution >= 4 is 16.1 Å². The molecule has 0 unspecified atom stereocenters. The zero-order valence-corrected chi connectivity index (χ0v) is 20.8. The number of sulfonamides is 1. The summed E-state index contributed by atoms with van der Waals surface area (Å²) in [5.74, 6) is 0.457. The van der Waals surface area contributed by atoms with Crippen LogP contribution in [0.4, 0.5) is 18.0 Å². The average Bonchev–Trinajstić information content (AvgIpc) is 2.77. The van der Waals surface area contributed by atoms with E-state index in [1.807, 2.05) is 12.1 Å². The molecule has 2 amide bonds. The number of rotatable bonds is 6. The number of carbonyl (C=O) groups is 1. The molecule has 0 spiro atoms. The topological polar surface area (TPSA) is 93.7 Å². The first-order valence-corrected chi connectivity index (χ1v) is 12.1. The largest absolute Gasteiger partial charge is 0.497 e. The molecule has 3 rings (SSSR count). The summed E-state index contributed by atoms with van der Waals surface area (Å²) < 4.78 is 78.5. The van der Waals surface area contributed by atoms with Gasteiger partial charge in [0.05, 0.1) is 12.7 Å². The van der Waals surface area contributed by atoms with Gasteiger partial charge in [0.1, 0.15) is 22.1 Å². The van der Waals surface area contributed by atoms with Gasteiger partial charge in [-0.15, -0.1) is 0 Å². The third-order valence-electron chi connectivity index (χ3n) is 4.76. The molecule has 36 heavy (non-hydrogen) atoms. The number of ether oxygens (including phenoxy) is 2. The lowest BCUT2D eigenvalue weighted by Gasteiger charge is -2.21. The number of urea groups is 1. The molecule has 0 aromatic heterocycles. The van der Waals surface area contributed by atoms with Crippen molar-refractivity contribution in [1.82, 2.24) is 10.0 Å². The standard InChI is InChI=1S/C25H25F3N2O5S/c1-24(2,3)29-23(31)30-36(32,33)22-15-18(25(26,27)28)10-13-21(22)35-20-7-5-6-17(14-20)16-8-11-19(34-4)12-9-16/h5-15H,1-4H3,(H2,29,30,31). The molecule has 0 aliphatic rings. The quantitative estimate of drug-likeness (QED) is 0.417. The number of methoxy groups -OCH3 is 1. The van der Waals surface area contributed by atoms with E-state index >= 15 is 0 Å². The number of hydrogen-bond donors (Lipinski definition) is 2. The number of hydrogen-bond acceptors (Lipinski definition) is 5. The molecule has 2 N–H and O–H groups in total. The van der Waals surface area contributed by atoms with Crippen molar-refractivity contribution < 1.29 is 35.9 Å². The van der Waals surface area contributed by atoms with E-state index in [-0.39, 0.29) is 11.5 Å². The minimum Gasteiger partial charge on any atom is -0.497 e. The van der Waals surface area contributed by atoms with Gasteiger partial charge >= 0.3 is 12.2 Å². The number of amides is 2. The van der Waals surface area contributed by atoms with Gasteiger partial charge in [-0.1, -0.05) is 24.3 Å². The SMILES string of the molecule is COc1ccc(-c2cccc(Oc3ccc(C(F)(F)F)cc3S(=O)(=O)NC(=O)NC(C)(C)C)c2)cc1. The minimum atomic E-state index is -4.81. The van der Waals surface area contributed by atoms with Crippen LogP contribution in [0.5, 0.6) is 17.2 Å². The Morgan fingerprint density at radius 1 is 0.861 bits per heavy atom. The normalized spacial score (nSPS) is 12.1. The Hall–Kier alpha value is -3.73. The van der Waals surface area contributed by atoms with Crippen molar-refractivity contribution in [1.29, 1.82) is 0 Å². The van der Waals surface area contributed by atoms with Gasteiger partial charge in [-0.3, -0.25) is 0 Å². The second-order valence-corrected chi connectivity index (χ2v) is 10.5. The molecule has 0 bridgehead atoms. The van der Waals surface area contributed by atoms with E-state index in [4.69, 9.17) is 9.47 Å². The highest BCUT2D eigenvalue weighted by Crippen LogP contribution is 2.37. The van der Waals surface area contributed by atoms with Crippen LogP contribution in [-0.4, -0.2) is 27.1 Å². The van der Waals surface area contributed by atoms with Gasteiger partial charge < -0.3 is 14.8 Å². The summed E-state index contributed by atoms with van der Waals surface area (Å²) in [6.45, 7) is 4.86. The number of halogens is 3. The van der Waals surface area contributed by atoms with E-state index < -0.39 is 38.2 Å². The Kier molecular flexibility index (Phi) is 7.54. The monoisotopic (exact) mass is 522 g/mol. The highest BCUT2D eigenvalue weighted by molar-refractivity contribution is 7.90. The number of carbonyl (C=O) groups excluding carboxylic acids is 1. The lowest BCUT2D eigenvalue weighted by Crippen LogP contribution is -2.48. The summed E-state index contributed by atoms with van der Waals surface area (Å²) in [6.07, 6.45) is -4.81. The number of nitrogens with one attached hydrogen (secondary N) is 2. The van der Waals surface area contributed by atoms with Crippen LogP contribution < -0.4 is 19.5 Å². The smallest absolute Gasteiger partial charge is 0.416 e. The average molecular weight is 523 g/mol. The Balaban J connectivity index is 1.99. The maximum Gasteiger partial charge on any atom is 0.416 e. The molecule has 0 saturated heterocycles. The van der Waals surface area contributed by atoms with Crippen LogP contribution >= 0.6 is 0 Å². The third kappa shape index (κ3) is 6.91. The zero-order valence-electron chi connectivity index (χ0n) is 19.9. The van der Waals surface area contributed by atoms with Crippen molar-refractivity contribution in [3.8, 4) is 28.4 Å². The van der Waals surface area contributed by atoms with E-state index in [0.29, 0.717) is 23.4 Å². The van der Waals surface area contributed by atoms with Crippen LogP contribution in [0.2, 0.25) is 0 Å². The molecular formula is C25H25F3N2O5S. The van der Waals surface area contributed by atoms with Gasteiger partial charge in [0.25, 0.3) is 10.0 Å². The molecule has 0 heterocycles. The van der Waals surface area contributed by atoms with Crippen LogP contribution in [-0.2, 0) is 16.2 Å². The summed E-state index contributed by atoms with van der Waals surface area (Å²) in [4.78, 5) is 11.3. The highest BCUT2D eigenvalue weighted by Gasteiger charge is 2.34. The second-order valence-electron chi connectivity index (χ2n) is 8.83. The molecule has 11 heteroatoms. The van der Waals surface area contributed by atoms with E-state index in [2.05, 4.69) is 5.32 Å². The summed E-state index contributed by atoms with van der Waals surface area (Å²) in [5, 5.41) is 2.39. The fourth-order valence-corrected chi connectivity index (χ4v) is 4.23. The van der Waals surface area contributed by atoms with Gasteiger partial charge in [0, 0.05) is 5.54 Å². The molecule has 3 aromatic rings. The molecule has 7 nitrogen and oxygen atoms in total. The van der Waals surface area contributed by atoms with Crippen molar-refractivity contribution in [2.24, 2.45) is 0 Å². The maximum absolute atomic E-state index is 13.4. The van der Waals surface area contributed by atoms with Crippen molar-refractivity contribution in [2.75, 3.05) is 7.11 Å². The zero-order chi connectivity index (χ0) is 26.7. The lowest BCUT2D eigenvalue weighted by atomic mass is 10.1. The third-order valence-corrected chi connectivity index (χ3v) is 6.11. The first-order chi connectivity index (χ1) is 16.7. The Labute approximate surface area is 207 Å². The van der Waals surface area contributed by atoms with Crippen LogP contribution in [0.15, 0.2) is 71.6 Å². The molecule has 0 fully saturated rings. The summed E-state index contributed by atoms with van der Waals surface area (Å²) in [5.41, 5.74) is -0.469. The Bertz CT molecular complexity index is 1350. The molecule has 0 aliphatic heterocycles. The molecule has 0 aliphatic carbocycles. The van der Waals surface area contributed by atoms with Gasteiger partial charge in [0.15, 0.2) is 0 Å². The van der Waals surface area contributed by atoms with Crippen molar-refractivity contribution in [2.45, 2.75) is 37.4 Å². The van der Waals surface area contributed by atoms with Gasteiger partial charge in [-0.25, -0.2) is 17.9 Å². The maximum atomic E-state index is 13.4. The molecular weight excluding hydrogens is 497 g/mol. The Morgan fingerprint density at radius 3 is 2.11 bits per heavy atom. The lowest BCUT2D eigenvalue weighted by molar-refractivity contribution is -0.137. The molecule has 0 saturated carbocycles. The first-order valence-electron chi connectivity index (χ1n) is 10.7. The summed E-state index contributed by atoms with van der Waals surface area (Å²) in [6, 6.07) is 14.7. The van der Waals surface area contributed by atoms with Crippen molar-refractivity contribution in [3.05, 3.63) is 72.3 Å². The molecule has 0 atom stereocenters. The Morgan fingerprint density at radius 2 is 1.53 bits per heavy atom. The molecule has 0 radical (unpaired) electrons. The van der Waals surface area contributed by atoms with Crippen molar-refractivity contribution in [3.63, 3.8) is 0 Å². The number of alkyl halides is 3. The van der Waals surface area contributed by atoms with Gasteiger partial charge in [-0.2, -0.15) is 13.2 Å². The fraction of sp³-hybridized carbons (Fsp3) is 0.240. The molecule has 192 valence electrons. The second kappa shape index (κ2) is 10.1. The van der Waals surface area contributed by atoms with Crippen LogP contribution in [0.3, 0.4) is 0 Å². The minimum absolute atomic E-state index is 0.179. The van der Waals surface area contributed by atoms with E-state index in [1.165, 1.54) is 6.07 Å². The van der Waals surface area contributed by atoms with E-state index in [1.54, 1.807) is 62.9 Å². The number of benzene rings is 3. The molecule has 3 aromatic carbocycles. The summed E-state index contributed by atoms with van der Waals surface area (Å²) in [7, 11) is -3.19. The van der Waals surface area contributed by atoms with Gasteiger partial charge in [0.2, 0.25) is 0 Å². The van der Waals surface area contributed by atoms with E-state index in [9.17, 15) is 26.4 Å². The predicted molar refractivity (Wildman–Crippen MR) is 129 cm³/mol. The van der Waals surface area contributed by atoms with Gasteiger partial charge in [-0.05, 0) is 74.4 Å². The van der Waals surface area contributed by atoms with Crippen LogP contribution in [0.25, 0.3) is 11.1 Å². The van der Waals surface area contributed by atoms with Crippen LogP contribution in [0, 0.1) is 0 Å². The first kappa shape index (κ1) is 26.9.